The zero-order chi connectivity index (χ0) is 92.1. The minimum Gasteiger partial charge on any atom is -0.460 e. The Hall–Kier alpha value is -0.276. The number of fused-ring (bicyclic) bond motifs is 45. The zero-order valence-electron chi connectivity index (χ0n) is 83.0. The molecule has 20 aliphatic rings. The van der Waals surface area contributed by atoms with Crippen LogP contribution in [0.5, 0.6) is 0 Å². The molecule has 20 fully saturated rings. The van der Waals surface area contributed by atoms with Gasteiger partial charge in [0.05, 0.1) is 29.6 Å². The van der Waals surface area contributed by atoms with Gasteiger partial charge in [0.2, 0.25) is 16.6 Å². The van der Waals surface area contributed by atoms with E-state index in [9.17, 15) is 24.0 Å². The van der Waals surface area contributed by atoms with Gasteiger partial charge in [-0.05, 0) is 514 Å². The van der Waals surface area contributed by atoms with Gasteiger partial charge in [-0.2, -0.15) is 0 Å². The summed E-state index contributed by atoms with van der Waals surface area (Å²) in [7, 11) is -1.45. The fraction of sp³-hybridized carbons (Fsp3) is 0.950. The number of carbonyl (C=O) groups is 5. The molecule has 0 spiro atoms. The van der Waals surface area contributed by atoms with Crippen LogP contribution in [0.1, 0.15) is 264 Å². The number of hydrogen-bond acceptors (Lipinski definition) is 14. The lowest BCUT2D eigenvalue weighted by atomic mass is 9.54. The normalized spacial score (nSPS) is 41.6. The molecule has 0 aromatic carbocycles. The smallest absolute Gasteiger partial charge is 0.338 e. The highest BCUT2D eigenvalue weighted by Crippen LogP contribution is 2.82. The molecule has 20 bridgehead atoms. The van der Waals surface area contributed by atoms with Gasteiger partial charge in [0.25, 0.3) is 0 Å². The molecular weight excluding hydrogens is 1740 g/mol. The fourth-order valence-corrected chi connectivity index (χ4v) is 30.9. The Morgan fingerprint density at radius 1 is 0.234 bits per heavy atom. The maximum atomic E-state index is 13.0. The molecular formula is C100H175Cl5O14Si5. The number of esters is 5. The lowest BCUT2D eigenvalue weighted by molar-refractivity contribution is -0.165. The molecule has 714 valence electrons. The van der Waals surface area contributed by atoms with E-state index in [-0.39, 0.29) is 87.4 Å². The van der Waals surface area contributed by atoms with Crippen LogP contribution in [0.2, 0.25) is 85.1 Å². The fourth-order valence-electron chi connectivity index (χ4n) is 30.9. The van der Waals surface area contributed by atoms with Crippen LogP contribution in [0.25, 0.3) is 0 Å². The second-order valence-corrected chi connectivity index (χ2v) is 81.5. The van der Waals surface area contributed by atoms with E-state index in [1.54, 1.807) is 52.9 Å². The van der Waals surface area contributed by atoms with Crippen LogP contribution in [0, 0.1) is 207 Å². The SMILES string of the molecule is CC(C)(C)OC(=O)C1CC2CC1C1C3CC(C21)C1C2CC(C4C5CCC(C5)C24)C31.CC(C)(C)OC(=O)C1CC2CC1C1C3CCC(C3)C21.CC(C)(C)OC(=O)C1CC2CC1C1C3CCC(C3)C21.CC(C)(C)OC(=O)C1CC2CCC1C2.CC(C)(C)OC(=O)C1CC2CCC1C2.CO[Si](C)(C)C.CO[Si](C)(C)C.C[Si](C)(C)OCl.C[Si](C)(C)OCl.C[Si](Cl)(Cl)Cl. The van der Waals surface area contributed by atoms with E-state index in [2.05, 4.69) is 47.2 Å². The largest absolute Gasteiger partial charge is 0.460 e. The van der Waals surface area contributed by atoms with Gasteiger partial charge in [-0.3, -0.25) is 24.0 Å². The van der Waals surface area contributed by atoms with E-state index >= 15 is 0 Å². The van der Waals surface area contributed by atoms with Gasteiger partial charge in [-0.1, -0.05) is 12.8 Å². The number of rotatable bonds is 9. The molecule has 0 saturated heterocycles. The van der Waals surface area contributed by atoms with Crippen molar-refractivity contribution >= 4 is 126 Å². The van der Waals surface area contributed by atoms with Crippen molar-refractivity contribution in [1.29, 1.82) is 0 Å². The summed E-state index contributed by atoms with van der Waals surface area (Å²) in [5, 5.41) is 0. The summed E-state index contributed by atoms with van der Waals surface area (Å²) >= 11 is 25.7. The Morgan fingerprint density at radius 2 is 0.427 bits per heavy atom. The van der Waals surface area contributed by atoms with Crippen LogP contribution in [-0.2, 0) is 64.5 Å². The first kappa shape index (κ1) is 104. The first-order valence-electron chi connectivity index (χ1n) is 49.8. The standard InChI is InChI=1S/C27H38O2.2C17H26O2.2C12H20O2.2C4H12OSi.2C3H9ClOSi.CH3Cl3Si/c1-27(2,3)29-26(28)15-8-13-7-14(15)23-19-10-18(22(13)23)24-16-9-17(25(19)24)21-12-5-4-11(6-12)20(16)21;2*1-17(2,3)19-16(18)13-8-11-7-12(13)15-10-5-4-9(6-10)14(11)15;2*1-12(2,3)14-11(13)10-7-8-4-5-9(10)6-8;2*1-5-6(2,3)4;2*1-6(2,3)5-4;1-5(2,3)4/h11-25H,4-10H2,1-3H3;2*9-15H,4-8H2,1-3H3;2*8-10H,4-7H2,1-3H3;2*1-4H3;2*1-3H3;1H3. The molecule has 24 heteroatoms. The maximum Gasteiger partial charge on any atom is 0.338 e. The minimum atomic E-state index is -2.19. The highest BCUT2D eigenvalue weighted by atomic mass is 35.8. The summed E-state index contributed by atoms with van der Waals surface area (Å²) in [5.74, 6) is 29.6. The summed E-state index contributed by atoms with van der Waals surface area (Å²) in [6, 6.07) is -2.19. The molecule has 0 heterocycles. The highest BCUT2D eigenvalue weighted by molar-refractivity contribution is 7.64. The summed E-state index contributed by atoms with van der Waals surface area (Å²) in [6.45, 7) is 56.4. The van der Waals surface area contributed by atoms with Crippen LogP contribution in [0.4, 0.5) is 0 Å². The average molecular weight is 1920 g/mol. The molecule has 20 rings (SSSR count). The third-order valence-electron chi connectivity index (χ3n) is 33.8. The molecule has 35 unspecified atom stereocenters. The summed E-state index contributed by atoms with van der Waals surface area (Å²) < 4.78 is 47.3. The molecule has 20 aliphatic carbocycles. The Balaban J connectivity index is 0.000000142. The van der Waals surface area contributed by atoms with E-state index in [0.717, 1.165) is 180 Å². The Labute approximate surface area is 783 Å². The van der Waals surface area contributed by atoms with Gasteiger partial charge in [-0.15, -0.1) is 33.2 Å². The molecule has 0 radical (unpaired) electrons. The van der Waals surface area contributed by atoms with Crippen molar-refractivity contribution in [2.45, 2.75) is 377 Å². The zero-order valence-corrected chi connectivity index (χ0v) is 91.8. The van der Waals surface area contributed by atoms with Crippen molar-refractivity contribution in [3.63, 3.8) is 0 Å². The summed E-state index contributed by atoms with van der Waals surface area (Å²) in [5.41, 5.74) is -1.63. The molecule has 20 saturated carbocycles. The first-order valence-corrected chi connectivity index (χ1v) is 69.6. The van der Waals surface area contributed by atoms with Gasteiger partial charge in [0.15, 0.2) is 16.6 Å². The molecule has 14 nitrogen and oxygen atoms in total. The van der Waals surface area contributed by atoms with Gasteiger partial charge >= 0.3 is 35.8 Å². The molecule has 0 N–H and O–H groups in total. The summed E-state index contributed by atoms with van der Waals surface area (Å²) in [4.78, 5) is 61.5. The van der Waals surface area contributed by atoms with Crippen molar-refractivity contribution in [2.24, 2.45) is 207 Å². The topological polar surface area (TPSA) is 168 Å². The number of carbonyl (C=O) groups excluding carboxylic acids is 5. The number of ether oxygens (including phenoxy) is 5. The van der Waals surface area contributed by atoms with Gasteiger partial charge in [0.1, 0.15) is 28.0 Å². The Morgan fingerprint density at radius 3 is 0.645 bits per heavy atom. The molecule has 124 heavy (non-hydrogen) atoms. The average Bonchev–Trinajstić information content (AvgIpc) is 1.49. The van der Waals surface area contributed by atoms with Crippen LogP contribution in [-0.4, -0.2) is 111 Å². The number of hydrogen-bond donors (Lipinski definition) is 0. The van der Waals surface area contributed by atoms with Crippen LogP contribution >= 0.6 is 57.0 Å². The van der Waals surface area contributed by atoms with Crippen LogP contribution in [0.3, 0.4) is 0 Å². The molecule has 0 aliphatic heterocycles. The lowest BCUT2D eigenvalue weighted by Crippen LogP contribution is -2.48. The van der Waals surface area contributed by atoms with E-state index in [1.165, 1.54) is 96.3 Å². The molecule has 0 aromatic heterocycles. The van der Waals surface area contributed by atoms with E-state index in [4.69, 9.17) is 89.5 Å². The predicted molar refractivity (Wildman–Crippen MR) is 517 cm³/mol. The quantitative estimate of drug-likeness (QED) is 0.0703. The van der Waals surface area contributed by atoms with Gasteiger partial charge < -0.3 is 40.5 Å². The third kappa shape index (κ3) is 25.9. The maximum absolute atomic E-state index is 13.0. The van der Waals surface area contributed by atoms with Crippen molar-refractivity contribution in [1.82, 2.24) is 0 Å². The van der Waals surface area contributed by atoms with Crippen molar-refractivity contribution in [3.05, 3.63) is 0 Å². The third-order valence-corrected chi connectivity index (χ3v) is 40.0. The van der Waals surface area contributed by atoms with Gasteiger partial charge in [0, 0.05) is 38.0 Å². The lowest BCUT2D eigenvalue weighted by Gasteiger charge is -2.51. The van der Waals surface area contributed by atoms with Crippen molar-refractivity contribution in [3.8, 4) is 0 Å². The second-order valence-electron chi connectivity index (χ2n) is 52.4. The minimum absolute atomic E-state index is 0.0460. The molecule has 0 amide bonds. The van der Waals surface area contributed by atoms with Crippen LogP contribution in [0.15, 0.2) is 0 Å². The Kier molecular flexibility index (Phi) is 33.5. The summed E-state index contributed by atoms with van der Waals surface area (Å²) in [6.07, 6.45) is 34.0. The van der Waals surface area contributed by atoms with Crippen molar-refractivity contribution in [2.75, 3.05) is 14.2 Å². The van der Waals surface area contributed by atoms with Crippen molar-refractivity contribution < 1.29 is 64.5 Å². The van der Waals surface area contributed by atoms with Gasteiger partial charge in [-0.25, -0.2) is 0 Å². The monoisotopic (exact) mass is 1920 g/mol. The second kappa shape index (κ2) is 39.8. The van der Waals surface area contributed by atoms with E-state index < -0.39 is 39.3 Å². The first-order chi connectivity index (χ1) is 56.9. The highest BCUT2D eigenvalue weighted by Gasteiger charge is 2.77. The van der Waals surface area contributed by atoms with E-state index in [0.29, 0.717) is 29.6 Å². The number of halogens is 5. The molecule has 0 aromatic rings. The van der Waals surface area contributed by atoms with Crippen LogP contribution < -0.4 is 0 Å². The predicted octanol–water partition coefficient (Wildman–Crippen LogP) is 27.4. The molecule has 35 atom stereocenters. The van der Waals surface area contributed by atoms with E-state index in [1.807, 2.05) is 143 Å². The Bertz CT molecular complexity index is 3400.